The third kappa shape index (κ3) is 3.06. The molecule has 1 aromatic heterocycles. The number of aromatic nitrogens is 2. The van der Waals surface area contributed by atoms with E-state index in [0.717, 1.165) is 5.75 Å². The van der Waals surface area contributed by atoms with Crippen molar-refractivity contribution in [3.63, 3.8) is 0 Å². The molecule has 4 heteroatoms. The fourth-order valence-electron chi connectivity index (χ4n) is 0.950. The summed E-state index contributed by atoms with van der Waals surface area (Å²) in [5.74, 6) is 0.754. The first-order chi connectivity index (χ1) is 5.88. The van der Waals surface area contributed by atoms with Gasteiger partial charge in [0.1, 0.15) is 5.60 Å². The van der Waals surface area contributed by atoms with Crippen molar-refractivity contribution < 1.29 is 4.74 Å². The molecule has 0 saturated carbocycles. The molecule has 1 atom stereocenters. The fraction of sp³-hybridized carbons (Fsp3) is 0.667. The number of nitrogens with two attached hydrogens (primary N) is 1. The zero-order valence-electron chi connectivity index (χ0n) is 8.61. The van der Waals surface area contributed by atoms with Gasteiger partial charge in [0.25, 0.3) is 0 Å². The van der Waals surface area contributed by atoms with E-state index < -0.39 is 0 Å². The molecule has 13 heavy (non-hydrogen) atoms. The topological polar surface area (TPSA) is 53.1 Å². The molecule has 0 saturated heterocycles. The molecule has 1 heterocycles. The lowest BCUT2D eigenvalue weighted by molar-refractivity contribution is 0.130. The van der Waals surface area contributed by atoms with Gasteiger partial charge in [0, 0.05) is 0 Å². The molecule has 0 aliphatic carbocycles. The maximum atomic E-state index is 5.64. The number of hydrogen-bond acceptors (Lipinski definition) is 3. The van der Waals surface area contributed by atoms with Crippen LogP contribution in [0.25, 0.3) is 0 Å². The van der Waals surface area contributed by atoms with Crippen molar-refractivity contribution in [3.8, 4) is 5.75 Å². The zero-order valence-corrected chi connectivity index (χ0v) is 8.61. The summed E-state index contributed by atoms with van der Waals surface area (Å²) in [6.07, 6.45) is 3.36. The summed E-state index contributed by atoms with van der Waals surface area (Å²) >= 11 is 0. The van der Waals surface area contributed by atoms with E-state index in [-0.39, 0.29) is 11.8 Å². The van der Waals surface area contributed by atoms with E-state index in [1.54, 1.807) is 17.1 Å². The van der Waals surface area contributed by atoms with E-state index in [0.29, 0.717) is 0 Å². The maximum absolute atomic E-state index is 5.64. The fourth-order valence-corrected chi connectivity index (χ4v) is 0.950. The Morgan fingerprint density at radius 3 is 2.54 bits per heavy atom. The Labute approximate surface area is 78.7 Å². The van der Waals surface area contributed by atoms with Crippen molar-refractivity contribution in [3.05, 3.63) is 12.4 Å². The van der Waals surface area contributed by atoms with Crippen molar-refractivity contribution in [2.45, 2.75) is 39.5 Å². The van der Waals surface area contributed by atoms with Gasteiger partial charge in [0.2, 0.25) is 0 Å². The van der Waals surface area contributed by atoms with Crippen LogP contribution in [-0.4, -0.2) is 15.4 Å². The summed E-state index contributed by atoms with van der Waals surface area (Å²) in [6.45, 7) is 7.86. The predicted octanol–water partition coefficient (Wildman–Crippen LogP) is 1.54. The van der Waals surface area contributed by atoms with E-state index >= 15 is 0 Å². The first kappa shape index (κ1) is 10.1. The molecule has 4 nitrogen and oxygen atoms in total. The Morgan fingerprint density at radius 2 is 2.15 bits per heavy atom. The zero-order chi connectivity index (χ0) is 10.1. The van der Waals surface area contributed by atoms with Gasteiger partial charge < -0.3 is 10.5 Å². The summed E-state index contributed by atoms with van der Waals surface area (Å²) in [6, 6.07) is 0. The highest BCUT2D eigenvalue weighted by molar-refractivity contribution is 5.13. The summed E-state index contributed by atoms with van der Waals surface area (Å²) in [7, 11) is 0. The van der Waals surface area contributed by atoms with Gasteiger partial charge in [-0.1, -0.05) is 0 Å². The van der Waals surface area contributed by atoms with Crippen LogP contribution in [0, 0.1) is 0 Å². The molecule has 1 rings (SSSR count). The van der Waals surface area contributed by atoms with E-state index in [1.807, 2.05) is 27.7 Å². The van der Waals surface area contributed by atoms with Gasteiger partial charge in [0.15, 0.2) is 5.75 Å². The molecular formula is C9H17N3O. The highest BCUT2D eigenvalue weighted by Gasteiger charge is 2.13. The Balaban J connectivity index is 2.70. The summed E-state index contributed by atoms with van der Waals surface area (Å²) in [4.78, 5) is 0. The second-order valence-electron chi connectivity index (χ2n) is 4.11. The van der Waals surface area contributed by atoms with Crippen LogP contribution in [0.1, 0.15) is 33.9 Å². The number of rotatable bonds is 2. The summed E-state index contributed by atoms with van der Waals surface area (Å²) < 4.78 is 7.26. The molecule has 0 aromatic carbocycles. The molecule has 0 aliphatic heterocycles. The summed E-state index contributed by atoms with van der Waals surface area (Å²) in [5, 5.41) is 4.07. The van der Waals surface area contributed by atoms with Crippen LogP contribution < -0.4 is 10.5 Å². The highest BCUT2D eigenvalue weighted by atomic mass is 16.5. The third-order valence-electron chi connectivity index (χ3n) is 1.42. The predicted molar refractivity (Wildman–Crippen MR) is 51.5 cm³/mol. The smallest absolute Gasteiger partial charge is 0.158 e. The van der Waals surface area contributed by atoms with Gasteiger partial charge in [-0.05, 0) is 27.7 Å². The lowest BCUT2D eigenvalue weighted by Gasteiger charge is -2.19. The number of ether oxygens (including phenoxy) is 1. The first-order valence-electron chi connectivity index (χ1n) is 4.37. The van der Waals surface area contributed by atoms with Crippen molar-refractivity contribution in [1.29, 1.82) is 0 Å². The van der Waals surface area contributed by atoms with Crippen molar-refractivity contribution in [2.24, 2.45) is 5.73 Å². The molecule has 0 spiro atoms. The van der Waals surface area contributed by atoms with Gasteiger partial charge in [-0.15, -0.1) is 0 Å². The molecule has 74 valence electrons. The standard InChI is InChI=1S/C9H17N3O/c1-7(10)12-6-8(5-11-12)13-9(2,3)4/h5-7H,10H2,1-4H3. The van der Waals surface area contributed by atoms with Crippen LogP contribution in [-0.2, 0) is 0 Å². The van der Waals surface area contributed by atoms with Gasteiger partial charge in [-0.2, -0.15) is 5.10 Å². The Morgan fingerprint density at radius 1 is 1.54 bits per heavy atom. The Hall–Kier alpha value is -1.03. The molecule has 0 bridgehead atoms. The highest BCUT2D eigenvalue weighted by Crippen LogP contribution is 2.17. The maximum Gasteiger partial charge on any atom is 0.158 e. The van der Waals surface area contributed by atoms with Crippen LogP contribution in [0.15, 0.2) is 12.4 Å². The van der Waals surface area contributed by atoms with Crippen molar-refractivity contribution in [1.82, 2.24) is 9.78 Å². The quantitative estimate of drug-likeness (QED) is 0.756. The van der Waals surface area contributed by atoms with Crippen LogP contribution in [0.5, 0.6) is 5.75 Å². The van der Waals surface area contributed by atoms with Crippen LogP contribution in [0.3, 0.4) is 0 Å². The third-order valence-corrected chi connectivity index (χ3v) is 1.42. The average Bonchev–Trinajstić information content (AvgIpc) is 2.31. The average molecular weight is 183 g/mol. The molecule has 0 fully saturated rings. The van der Waals surface area contributed by atoms with E-state index in [4.69, 9.17) is 10.5 Å². The summed E-state index contributed by atoms with van der Waals surface area (Å²) in [5.41, 5.74) is 5.45. The molecule has 1 aromatic rings. The molecule has 0 radical (unpaired) electrons. The SMILES string of the molecule is CC(N)n1cc(OC(C)(C)C)cn1. The van der Waals surface area contributed by atoms with Crippen molar-refractivity contribution >= 4 is 0 Å². The largest absolute Gasteiger partial charge is 0.485 e. The monoisotopic (exact) mass is 183 g/mol. The molecule has 2 N–H and O–H groups in total. The lowest BCUT2D eigenvalue weighted by atomic mass is 10.2. The van der Waals surface area contributed by atoms with E-state index in [9.17, 15) is 0 Å². The second kappa shape index (κ2) is 3.38. The molecule has 0 amide bonds. The molecular weight excluding hydrogens is 166 g/mol. The van der Waals surface area contributed by atoms with E-state index in [2.05, 4.69) is 5.10 Å². The minimum absolute atomic E-state index is 0.114. The molecule has 1 unspecified atom stereocenters. The first-order valence-corrected chi connectivity index (χ1v) is 4.37. The van der Waals surface area contributed by atoms with Gasteiger partial charge in [-0.3, -0.25) is 4.68 Å². The van der Waals surface area contributed by atoms with E-state index in [1.165, 1.54) is 0 Å². The van der Waals surface area contributed by atoms with Crippen LogP contribution >= 0.6 is 0 Å². The van der Waals surface area contributed by atoms with Crippen molar-refractivity contribution in [2.75, 3.05) is 0 Å². The minimum atomic E-state index is -0.189. The van der Waals surface area contributed by atoms with Gasteiger partial charge in [-0.25, -0.2) is 0 Å². The second-order valence-corrected chi connectivity index (χ2v) is 4.11. The molecule has 0 aliphatic rings. The van der Waals surface area contributed by atoms with Gasteiger partial charge in [0.05, 0.1) is 18.6 Å². The normalized spacial score (nSPS) is 14.2. The number of hydrogen-bond donors (Lipinski definition) is 1. The number of nitrogens with zero attached hydrogens (tertiary/aromatic N) is 2. The van der Waals surface area contributed by atoms with Gasteiger partial charge >= 0.3 is 0 Å². The van der Waals surface area contributed by atoms with Crippen LogP contribution in [0.2, 0.25) is 0 Å². The Bertz CT molecular complexity index is 273. The Kier molecular flexibility index (Phi) is 2.61. The van der Waals surface area contributed by atoms with Crippen LogP contribution in [0.4, 0.5) is 0 Å². The minimum Gasteiger partial charge on any atom is -0.485 e. The lowest BCUT2D eigenvalue weighted by Crippen LogP contribution is -2.22.